The highest BCUT2D eigenvalue weighted by molar-refractivity contribution is 9.10. The van der Waals surface area contributed by atoms with Crippen LogP contribution in [0, 0.1) is 0 Å². The molecule has 0 heterocycles. The van der Waals surface area contributed by atoms with Crippen molar-refractivity contribution < 1.29 is 28.7 Å². The molecule has 3 N–H and O–H groups in total. The Balaban J connectivity index is 1.59. The summed E-state index contributed by atoms with van der Waals surface area (Å²) in [7, 11) is 0. The summed E-state index contributed by atoms with van der Waals surface area (Å²) < 4.78 is 11.0. The van der Waals surface area contributed by atoms with E-state index in [4.69, 9.17) is 9.47 Å². The van der Waals surface area contributed by atoms with Gasteiger partial charge in [-0.25, -0.2) is 0 Å². The van der Waals surface area contributed by atoms with E-state index in [0.717, 1.165) is 4.47 Å². The number of esters is 1. The van der Waals surface area contributed by atoms with Gasteiger partial charge >= 0.3 is 5.97 Å². The van der Waals surface area contributed by atoms with Crippen LogP contribution < -0.4 is 20.9 Å². The zero-order valence-corrected chi connectivity index (χ0v) is 19.1. The second kappa shape index (κ2) is 13.1. The molecule has 0 aromatic heterocycles. The van der Waals surface area contributed by atoms with Crippen molar-refractivity contribution in [3.63, 3.8) is 0 Å². The van der Waals surface area contributed by atoms with Crippen LogP contribution in [0.5, 0.6) is 5.75 Å². The summed E-state index contributed by atoms with van der Waals surface area (Å²) in [6, 6.07) is 13.5. The van der Waals surface area contributed by atoms with Crippen molar-refractivity contribution in [2.75, 3.05) is 18.5 Å². The minimum Gasteiger partial charge on any atom is -0.494 e. The first kappa shape index (κ1) is 24.9. The third kappa shape index (κ3) is 9.17. The van der Waals surface area contributed by atoms with Crippen LogP contribution in [0.3, 0.4) is 0 Å². The van der Waals surface area contributed by atoms with E-state index in [-0.39, 0.29) is 25.2 Å². The lowest BCUT2D eigenvalue weighted by Gasteiger charge is -2.09. The summed E-state index contributed by atoms with van der Waals surface area (Å²) >= 11 is 3.26. The molecule has 9 nitrogen and oxygen atoms in total. The first-order valence-corrected chi connectivity index (χ1v) is 10.7. The molecule has 2 aromatic carbocycles. The van der Waals surface area contributed by atoms with Gasteiger partial charge in [-0.3, -0.25) is 30.0 Å². The molecule has 32 heavy (non-hydrogen) atoms. The van der Waals surface area contributed by atoms with Crippen LogP contribution in [0.2, 0.25) is 0 Å². The maximum Gasteiger partial charge on any atom is 0.306 e. The molecular formula is C22H24BrN3O6. The smallest absolute Gasteiger partial charge is 0.306 e. The van der Waals surface area contributed by atoms with Crippen LogP contribution in [0.15, 0.2) is 53.0 Å². The lowest BCUT2D eigenvalue weighted by molar-refractivity contribution is -0.148. The monoisotopic (exact) mass is 505 g/mol. The van der Waals surface area contributed by atoms with E-state index < -0.39 is 24.4 Å². The predicted molar refractivity (Wildman–Crippen MR) is 121 cm³/mol. The summed E-state index contributed by atoms with van der Waals surface area (Å²) in [5.41, 5.74) is 5.37. The fourth-order valence-corrected chi connectivity index (χ4v) is 2.74. The van der Waals surface area contributed by atoms with Gasteiger partial charge < -0.3 is 14.8 Å². The fourth-order valence-electron chi connectivity index (χ4n) is 2.47. The Hall–Kier alpha value is -3.40. The molecule has 2 aromatic rings. The highest BCUT2D eigenvalue weighted by atomic mass is 79.9. The lowest BCUT2D eigenvalue weighted by Crippen LogP contribution is -2.43. The number of nitrogens with one attached hydrogen (secondary N) is 3. The van der Waals surface area contributed by atoms with Gasteiger partial charge in [-0.05, 0) is 61.9 Å². The normalized spacial score (nSPS) is 10.1. The van der Waals surface area contributed by atoms with E-state index in [0.29, 0.717) is 23.6 Å². The number of hydrogen-bond acceptors (Lipinski definition) is 6. The van der Waals surface area contributed by atoms with Crippen molar-refractivity contribution in [1.82, 2.24) is 10.9 Å². The maximum atomic E-state index is 12.0. The Morgan fingerprint density at radius 1 is 0.875 bits per heavy atom. The van der Waals surface area contributed by atoms with Gasteiger partial charge in [0.2, 0.25) is 5.91 Å². The van der Waals surface area contributed by atoms with E-state index in [1.54, 1.807) is 48.5 Å². The van der Waals surface area contributed by atoms with Gasteiger partial charge in [-0.2, -0.15) is 0 Å². The Morgan fingerprint density at radius 2 is 1.56 bits per heavy atom. The van der Waals surface area contributed by atoms with E-state index in [2.05, 4.69) is 32.1 Å². The Kier molecular flexibility index (Phi) is 10.2. The van der Waals surface area contributed by atoms with E-state index >= 15 is 0 Å². The topological polar surface area (TPSA) is 123 Å². The molecule has 2 rings (SSSR count). The highest BCUT2D eigenvalue weighted by Gasteiger charge is 2.11. The standard InChI is InChI=1S/C22H24BrN3O6/c1-2-31-18-12-10-17(11-13-18)24-19(27)4-3-5-21(29)32-14-20(28)25-26-22(30)15-6-8-16(23)9-7-15/h6-13H,2-5,14H2,1H3,(H,24,27)(H,25,28)(H,26,30). The second-order valence-electron chi connectivity index (χ2n) is 6.53. The van der Waals surface area contributed by atoms with Gasteiger partial charge in [0.1, 0.15) is 5.75 Å². The first-order valence-electron chi connectivity index (χ1n) is 9.90. The molecule has 0 unspecified atom stereocenters. The summed E-state index contributed by atoms with van der Waals surface area (Å²) in [6.07, 6.45) is 0.372. The van der Waals surface area contributed by atoms with Gasteiger partial charge in [-0.15, -0.1) is 0 Å². The molecule has 0 aliphatic carbocycles. The van der Waals surface area contributed by atoms with Gasteiger partial charge in [-0.1, -0.05) is 15.9 Å². The number of amides is 3. The molecule has 0 saturated carbocycles. The number of hydrazine groups is 1. The molecule has 0 bridgehead atoms. The Bertz CT molecular complexity index is 932. The zero-order chi connectivity index (χ0) is 23.3. The third-order valence-electron chi connectivity index (χ3n) is 4.02. The first-order chi connectivity index (χ1) is 15.4. The SMILES string of the molecule is CCOc1ccc(NC(=O)CCCC(=O)OCC(=O)NNC(=O)c2ccc(Br)cc2)cc1. The largest absolute Gasteiger partial charge is 0.494 e. The van der Waals surface area contributed by atoms with Crippen molar-refractivity contribution in [1.29, 1.82) is 0 Å². The van der Waals surface area contributed by atoms with Crippen LogP contribution in [0.25, 0.3) is 0 Å². The number of rotatable bonds is 10. The van der Waals surface area contributed by atoms with Gasteiger partial charge in [0.25, 0.3) is 11.8 Å². The molecule has 170 valence electrons. The van der Waals surface area contributed by atoms with E-state index in [1.165, 1.54) is 0 Å². The Labute approximate surface area is 193 Å². The lowest BCUT2D eigenvalue weighted by atomic mass is 10.2. The maximum absolute atomic E-state index is 12.0. The number of ether oxygens (including phenoxy) is 2. The van der Waals surface area contributed by atoms with Gasteiger partial charge in [0.05, 0.1) is 6.61 Å². The summed E-state index contributed by atoms with van der Waals surface area (Å²) in [6.45, 7) is 1.90. The van der Waals surface area contributed by atoms with Crippen LogP contribution in [-0.4, -0.2) is 36.9 Å². The van der Waals surface area contributed by atoms with Crippen LogP contribution >= 0.6 is 15.9 Å². The molecule has 0 aliphatic rings. The van der Waals surface area contributed by atoms with Gasteiger partial charge in [0, 0.05) is 28.6 Å². The van der Waals surface area contributed by atoms with E-state index in [9.17, 15) is 19.2 Å². The zero-order valence-electron chi connectivity index (χ0n) is 17.5. The molecule has 0 saturated heterocycles. The van der Waals surface area contributed by atoms with Crippen molar-refractivity contribution in [3.05, 3.63) is 58.6 Å². The summed E-state index contributed by atoms with van der Waals surface area (Å²) in [5.74, 6) is -1.33. The van der Waals surface area contributed by atoms with Crippen molar-refractivity contribution >= 4 is 45.3 Å². The number of halogens is 1. The number of anilines is 1. The molecule has 3 amide bonds. The molecule has 0 aliphatic heterocycles. The quantitative estimate of drug-likeness (QED) is 0.337. The fraction of sp³-hybridized carbons (Fsp3) is 0.273. The number of benzene rings is 2. The van der Waals surface area contributed by atoms with Crippen molar-refractivity contribution in [3.8, 4) is 5.75 Å². The summed E-state index contributed by atoms with van der Waals surface area (Å²) in [5, 5.41) is 2.73. The van der Waals surface area contributed by atoms with E-state index in [1.807, 2.05) is 6.92 Å². The van der Waals surface area contributed by atoms with Crippen LogP contribution in [-0.2, 0) is 19.1 Å². The summed E-state index contributed by atoms with van der Waals surface area (Å²) in [4.78, 5) is 47.3. The predicted octanol–water partition coefficient (Wildman–Crippen LogP) is 2.96. The molecule has 0 spiro atoms. The highest BCUT2D eigenvalue weighted by Crippen LogP contribution is 2.16. The molecule has 0 radical (unpaired) electrons. The second-order valence-corrected chi connectivity index (χ2v) is 7.44. The van der Waals surface area contributed by atoms with Crippen molar-refractivity contribution in [2.45, 2.75) is 26.2 Å². The number of carbonyl (C=O) groups is 4. The molecule has 0 atom stereocenters. The average molecular weight is 506 g/mol. The van der Waals surface area contributed by atoms with Crippen LogP contribution in [0.4, 0.5) is 5.69 Å². The average Bonchev–Trinajstić information content (AvgIpc) is 2.78. The minimum atomic E-state index is -0.683. The molecule has 10 heteroatoms. The minimum absolute atomic E-state index is 0.0186. The van der Waals surface area contributed by atoms with Crippen LogP contribution in [0.1, 0.15) is 36.5 Å². The molecule has 0 fully saturated rings. The Morgan fingerprint density at radius 3 is 2.22 bits per heavy atom. The number of carbonyl (C=O) groups excluding carboxylic acids is 4. The van der Waals surface area contributed by atoms with Gasteiger partial charge in [0.15, 0.2) is 6.61 Å². The number of hydrogen-bond donors (Lipinski definition) is 3. The molecular weight excluding hydrogens is 482 g/mol. The third-order valence-corrected chi connectivity index (χ3v) is 4.55. The van der Waals surface area contributed by atoms with Crippen molar-refractivity contribution in [2.24, 2.45) is 0 Å².